The van der Waals surface area contributed by atoms with Crippen molar-refractivity contribution in [1.29, 1.82) is 0 Å². The van der Waals surface area contributed by atoms with E-state index in [0.29, 0.717) is 41.1 Å². The van der Waals surface area contributed by atoms with E-state index in [1.54, 1.807) is 50.2 Å². The van der Waals surface area contributed by atoms with Gasteiger partial charge in [-0.2, -0.15) is 5.10 Å². The number of rotatable bonds is 6. The molecule has 180 valence electrons. The number of anilines is 1. The van der Waals surface area contributed by atoms with Gasteiger partial charge in [-0.15, -0.1) is 0 Å². The van der Waals surface area contributed by atoms with E-state index in [9.17, 15) is 14.4 Å². The number of carbonyl (C=O) groups is 3. The molecule has 0 saturated heterocycles. The number of carbonyl (C=O) groups excluding carboxylic acids is 3. The second kappa shape index (κ2) is 10.4. The van der Waals surface area contributed by atoms with E-state index in [-0.39, 0.29) is 23.8 Å². The molecule has 0 radical (unpaired) electrons. The van der Waals surface area contributed by atoms with Gasteiger partial charge in [-0.3, -0.25) is 9.59 Å². The van der Waals surface area contributed by atoms with Crippen LogP contribution in [0.2, 0.25) is 0 Å². The lowest BCUT2D eigenvalue weighted by atomic mass is 9.93. The molecule has 0 spiro atoms. The Morgan fingerprint density at radius 1 is 1.00 bits per heavy atom. The molecular formula is C27H27N3O5. The number of amides is 2. The Hall–Kier alpha value is -4.20. The van der Waals surface area contributed by atoms with E-state index in [2.05, 4.69) is 15.8 Å². The number of hydrogen-bond donors (Lipinski definition) is 2. The molecular weight excluding hydrogens is 446 g/mol. The molecule has 3 aromatic rings. The van der Waals surface area contributed by atoms with Crippen LogP contribution in [0.25, 0.3) is 0 Å². The smallest absolute Gasteiger partial charge is 0.340 e. The minimum absolute atomic E-state index is 0.146. The number of ether oxygens (including phenoxy) is 1. The van der Waals surface area contributed by atoms with E-state index < -0.39 is 11.9 Å². The van der Waals surface area contributed by atoms with Crippen LogP contribution in [0.5, 0.6) is 0 Å². The Labute approximate surface area is 203 Å². The summed E-state index contributed by atoms with van der Waals surface area (Å²) in [6.07, 6.45) is 2.09. The number of hydrogen-bond acceptors (Lipinski definition) is 6. The first-order valence-electron chi connectivity index (χ1n) is 11.5. The number of aryl methyl sites for hydroxylation is 2. The van der Waals surface area contributed by atoms with Crippen LogP contribution in [0.1, 0.15) is 73.5 Å². The van der Waals surface area contributed by atoms with Crippen LogP contribution in [0, 0.1) is 13.8 Å². The monoisotopic (exact) mass is 473 g/mol. The minimum atomic E-state index is -0.516. The molecule has 35 heavy (non-hydrogen) atoms. The van der Waals surface area contributed by atoms with Crippen LogP contribution >= 0.6 is 0 Å². The van der Waals surface area contributed by atoms with Gasteiger partial charge in [0.15, 0.2) is 5.76 Å². The van der Waals surface area contributed by atoms with Gasteiger partial charge in [-0.05, 0) is 57.9 Å². The number of benzene rings is 2. The number of hydrazone groups is 1. The fourth-order valence-corrected chi connectivity index (χ4v) is 4.04. The Morgan fingerprint density at radius 2 is 1.74 bits per heavy atom. The molecule has 4 rings (SSSR count). The third-order valence-electron chi connectivity index (χ3n) is 5.81. The van der Waals surface area contributed by atoms with E-state index >= 15 is 0 Å². The lowest BCUT2D eigenvalue weighted by Crippen LogP contribution is -2.22. The van der Waals surface area contributed by atoms with Crippen molar-refractivity contribution in [3.8, 4) is 0 Å². The van der Waals surface area contributed by atoms with Gasteiger partial charge in [0.1, 0.15) is 5.76 Å². The molecule has 8 heteroatoms. The molecule has 1 heterocycles. The quantitative estimate of drug-likeness (QED) is 0.395. The Kier molecular flexibility index (Phi) is 7.10. The number of esters is 1. The molecule has 2 N–H and O–H groups in total. The van der Waals surface area contributed by atoms with Gasteiger partial charge in [0.25, 0.3) is 11.8 Å². The molecule has 2 aromatic carbocycles. The topological polar surface area (TPSA) is 110 Å². The Morgan fingerprint density at radius 3 is 2.49 bits per heavy atom. The summed E-state index contributed by atoms with van der Waals surface area (Å²) in [5.74, 6) is -0.498. The maximum Gasteiger partial charge on any atom is 0.340 e. The fourth-order valence-electron chi connectivity index (χ4n) is 4.04. The maximum absolute atomic E-state index is 13.1. The van der Waals surface area contributed by atoms with E-state index in [0.717, 1.165) is 17.5 Å². The normalized spacial score (nSPS) is 13.7. The zero-order valence-electron chi connectivity index (χ0n) is 19.9. The minimum Gasteiger partial charge on any atom is -0.462 e. The summed E-state index contributed by atoms with van der Waals surface area (Å²) in [4.78, 5) is 37.9. The zero-order valence-corrected chi connectivity index (χ0v) is 19.9. The third kappa shape index (κ3) is 5.16. The number of nitrogens with zero attached hydrogens (tertiary/aromatic N) is 1. The molecule has 0 unspecified atom stereocenters. The van der Waals surface area contributed by atoms with E-state index in [1.807, 2.05) is 19.1 Å². The van der Waals surface area contributed by atoms with Crippen molar-refractivity contribution < 1.29 is 23.5 Å². The molecule has 1 aliphatic rings. The summed E-state index contributed by atoms with van der Waals surface area (Å²) in [7, 11) is 0. The molecule has 1 aliphatic carbocycles. The summed E-state index contributed by atoms with van der Waals surface area (Å²) in [6, 6.07) is 13.9. The highest BCUT2D eigenvalue weighted by atomic mass is 16.5. The molecule has 8 nitrogen and oxygen atoms in total. The lowest BCUT2D eigenvalue weighted by molar-refractivity contribution is 0.0527. The van der Waals surface area contributed by atoms with Crippen molar-refractivity contribution in [3.05, 3.63) is 87.9 Å². The molecule has 0 atom stereocenters. The van der Waals surface area contributed by atoms with Gasteiger partial charge < -0.3 is 14.5 Å². The highest BCUT2D eigenvalue weighted by Crippen LogP contribution is 2.30. The van der Waals surface area contributed by atoms with Crippen molar-refractivity contribution in [2.75, 3.05) is 11.9 Å². The fraction of sp³-hybridized carbons (Fsp3) is 0.259. The molecule has 0 bridgehead atoms. The zero-order chi connectivity index (χ0) is 24.9. The van der Waals surface area contributed by atoms with E-state index in [4.69, 9.17) is 9.15 Å². The third-order valence-corrected chi connectivity index (χ3v) is 5.81. The van der Waals surface area contributed by atoms with Crippen molar-refractivity contribution >= 4 is 29.2 Å². The first kappa shape index (κ1) is 23.9. The van der Waals surface area contributed by atoms with E-state index in [1.165, 1.54) is 0 Å². The van der Waals surface area contributed by atoms with Crippen LogP contribution in [0.4, 0.5) is 5.69 Å². The van der Waals surface area contributed by atoms with Crippen LogP contribution < -0.4 is 10.7 Å². The van der Waals surface area contributed by atoms with Gasteiger partial charge in [0, 0.05) is 23.1 Å². The Bertz CT molecular complexity index is 1300. The van der Waals surface area contributed by atoms with Crippen molar-refractivity contribution in [2.24, 2.45) is 5.10 Å². The second-order valence-corrected chi connectivity index (χ2v) is 8.29. The van der Waals surface area contributed by atoms with Crippen molar-refractivity contribution in [3.63, 3.8) is 0 Å². The SMILES string of the molecule is CCOC(=O)c1ccccc1NC(=O)c1oc2c(c1C)/C(=N/NC(=O)c1ccc(C)cc1)CCC2. The number of furan rings is 1. The summed E-state index contributed by atoms with van der Waals surface area (Å²) in [5, 5.41) is 7.13. The number of para-hydroxylation sites is 1. The molecule has 1 aromatic heterocycles. The standard InChI is InChI=1S/C27H27N3O5/c1-4-34-27(33)19-8-5-6-9-20(19)28-26(32)24-17(3)23-21(10-7-11-22(23)35-24)29-30-25(31)18-14-12-16(2)13-15-18/h5-6,8-9,12-15H,4,7,10-11H2,1-3H3,(H,28,32)(H,30,31)/b29-21+. The largest absolute Gasteiger partial charge is 0.462 e. The maximum atomic E-state index is 13.1. The molecule has 0 fully saturated rings. The van der Waals surface area contributed by atoms with Crippen LogP contribution in [-0.4, -0.2) is 30.1 Å². The molecule has 2 amide bonds. The highest BCUT2D eigenvalue weighted by Gasteiger charge is 2.28. The lowest BCUT2D eigenvalue weighted by Gasteiger charge is -2.13. The number of nitrogens with one attached hydrogen (secondary N) is 2. The van der Waals surface area contributed by atoms with Gasteiger partial charge in [-0.1, -0.05) is 29.8 Å². The summed E-state index contributed by atoms with van der Waals surface area (Å²) >= 11 is 0. The summed E-state index contributed by atoms with van der Waals surface area (Å²) in [5.41, 5.74) is 6.84. The Balaban J connectivity index is 1.56. The first-order valence-corrected chi connectivity index (χ1v) is 11.5. The molecule has 0 aliphatic heterocycles. The van der Waals surface area contributed by atoms with Crippen LogP contribution in [0.3, 0.4) is 0 Å². The number of fused-ring (bicyclic) bond motifs is 1. The average Bonchev–Trinajstić information content (AvgIpc) is 3.20. The van der Waals surface area contributed by atoms with Gasteiger partial charge in [0.2, 0.25) is 0 Å². The van der Waals surface area contributed by atoms with Crippen LogP contribution in [-0.2, 0) is 11.2 Å². The first-order chi connectivity index (χ1) is 16.9. The van der Waals surface area contributed by atoms with Crippen molar-refractivity contribution in [1.82, 2.24) is 5.43 Å². The van der Waals surface area contributed by atoms with Gasteiger partial charge in [-0.25, -0.2) is 10.2 Å². The summed E-state index contributed by atoms with van der Waals surface area (Å²) in [6.45, 7) is 5.69. The second-order valence-electron chi connectivity index (χ2n) is 8.29. The predicted octanol–water partition coefficient (Wildman–Crippen LogP) is 4.80. The predicted molar refractivity (Wildman–Crippen MR) is 132 cm³/mol. The van der Waals surface area contributed by atoms with Gasteiger partial charge >= 0.3 is 5.97 Å². The summed E-state index contributed by atoms with van der Waals surface area (Å²) < 4.78 is 11.0. The molecule has 0 saturated carbocycles. The van der Waals surface area contributed by atoms with Gasteiger partial charge in [0.05, 0.1) is 23.6 Å². The average molecular weight is 474 g/mol. The highest BCUT2D eigenvalue weighted by molar-refractivity contribution is 6.11. The van der Waals surface area contributed by atoms with Crippen LogP contribution in [0.15, 0.2) is 58.0 Å². The van der Waals surface area contributed by atoms with Crippen molar-refractivity contribution in [2.45, 2.75) is 40.0 Å².